The molecule has 7 heteroatoms. The van der Waals surface area contributed by atoms with Crippen LogP contribution >= 0.6 is 23.2 Å². The van der Waals surface area contributed by atoms with Crippen molar-refractivity contribution in [2.75, 3.05) is 14.1 Å². The average Bonchev–Trinajstić information content (AvgIpc) is 2.94. The normalized spacial score (nSPS) is 13.0. The van der Waals surface area contributed by atoms with E-state index in [1.54, 1.807) is 16.8 Å². The van der Waals surface area contributed by atoms with E-state index in [1.165, 1.54) is 0 Å². The lowest BCUT2D eigenvalue weighted by Gasteiger charge is -2.07. The molecule has 0 aliphatic rings. The molecule has 1 atom stereocenters. The predicted molar refractivity (Wildman–Crippen MR) is 118 cm³/mol. The SMILES string of the molecule is C=c1/c(=C/N(C)C)c(CS(=O)c2cc(C)c(Cl)cc2Cl)nn1-c1ccccc1. The highest BCUT2D eigenvalue weighted by atomic mass is 35.5. The lowest BCUT2D eigenvalue weighted by atomic mass is 10.2. The molecule has 0 spiro atoms. The molecular formula is C21H21Cl2N3OS. The van der Waals surface area contributed by atoms with Crippen molar-refractivity contribution in [3.63, 3.8) is 0 Å². The predicted octanol–water partition coefficient (Wildman–Crippen LogP) is 3.51. The molecule has 4 nitrogen and oxygen atoms in total. The van der Waals surface area contributed by atoms with Gasteiger partial charge in [-0.2, -0.15) is 5.10 Å². The van der Waals surface area contributed by atoms with Crippen molar-refractivity contribution >= 4 is 46.8 Å². The van der Waals surface area contributed by atoms with E-state index in [0.29, 0.717) is 20.6 Å². The maximum absolute atomic E-state index is 13.1. The maximum Gasteiger partial charge on any atom is 0.0850 e. The van der Waals surface area contributed by atoms with Gasteiger partial charge in [-0.25, -0.2) is 4.68 Å². The number of aromatic nitrogens is 2. The van der Waals surface area contributed by atoms with Crippen LogP contribution in [0.4, 0.5) is 0 Å². The van der Waals surface area contributed by atoms with E-state index in [1.807, 2.05) is 62.5 Å². The number of hydrogen-bond donors (Lipinski definition) is 0. The van der Waals surface area contributed by atoms with Crippen molar-refractivity contribution < 1.29 is 4.21 Å². The van der Waals surface area contributed by atoms with Gasteiger partial charge in [-0.05, 0) is 36.8 Å². The Kier molecular flexibility index (Phi) is 6.28. The standard InChI is InChI=1S/C21H21Cl2N3OS/c1-14-10-21(19(23)11-18(14)22)28(27)13-20-17(12-25(3)4)15(2)26(24-20)16-8-6-5-7-9-16/h5-12H,2,13H2,1,3-4H3/b17-12-. The Morgan fingerprint density at radius 3 is 2.50 bits per heavy atom. The van der Waals surface area contributed by atoms with Gasteiger partial charge in [-0.3, -0.25) is 4.21 Å². The Morgan fingerprint density at radius 1 is 1.18 bits per heavy atom. The van der Waals surface area contributed by atoms with Crippen molar-refractivity contribution in [3.8, 4) is 5.69 Å². The second-order valence-electron chi connectivity index (χ2n) is 6.67. The second kappa shape index (κ2) is 8.52. The zero-order chi connectivity index (χ0) is 20.4. The maximum atomic E-state index is 13.1. The first kappa shape index (κ1) is 20.6. The minimum absolute atomic E-state index is 0.225. The molecule has 1 unspecified atom stereocenters. The Bertz CT molecular complexity index is 1140. The van der Waals surface area contributed by atoms with Gasteiger partial charge >= 0.3 is 0 Å². The fourth-order valence-corrected chi connectivity index (χ4v) is 4.66. The number of benzene rings is 2. The fourth-order valence-electron chi connectivity index (χ4n) is 2.82. The first-order valence-electron chi connectivity index (χ1n) is 8.62. The molecule has 0 saturated carbocycles. The van der Waals surface area contributed by atoms with Crippen LogP contribution < -0.4 is 10.6 Å². The van der Waals surface area contributed by atoms with Gasteiger partial charge in [0, 0.05) is 30.5 Å². The summed E-state index contributed by atoms with van der Waals surface area (Å²) in [6.07, 6.45) is 1.94. The van der Waals surface area contributed by atoms with E-state index in [0.717, 1.165) is 21.8 Å². The molecule has 1 aromatic heterocycles. The van der Waals surface area contributed by atoms with Crippen molar-refractivity contribution in [2.45, 2.75) is 17.6 Å². The second-order valence-corrected chi connectivity index (χ2v) is 8.90. The van der Waals surface area contributed by atoms with E-state index in [-0.39, 0.29) is 5.75 Å². The quantitative estimate of drug-likeness (QED) is 0.617. The highest BCUT2D eigenvalue weighted by Gasteiger charge is 2.16. The highest BCUT2D eigenvalue weighted by molar-refractivity contribution is 7.84. The van der Waals surface area contributed by atoms with Crippen LogP contribution in [-0.2, 0) is 16.6 Å². The van der Waals surface area contributed by atoms with Crippen LogP contribution in [0.5, 0.6) is 0 Å². The summed E-state index contributed by atoms with van der Waals surface area (Å²) in [5, 5.41) is 7.24. The van der Waals surface area contributed by atoms with Crippen LogP contribution in [0.3, 0.4) is 0 Å². The molecule has 3 rings (SSSR count). The third-order valence-electron chi connectivity index (χ3n) is 4.21. The lowest BCUT2D eigenvalue weighted by Crippen LogP contribution is -2.30. The molecule has 0 amide bonds. The van der Waals surface area contributed by atoms with Crippen LogP contribution in [0.25, 0.3) is 18.5 Å². The molecule has 0 N–H and O–H groups in total. The Morgan fingerprint density at radius 2 is 1.86 bits per heavy atom. The van der Waals surface area contributed by atoms with E-state index < -0.39 is 10.8 Å². The molecule has 0 aliphatic carbocycles. The van der Waals surface area contributed by atoms with Gasteiger partial charge in [0.2, 0.25) is 0 Å². The first-order valence-corrected chi connectivity index (χ1v) is 10.7. The van der Waals surface area contributed by atoms with Crippen LogP contribution in [-0.4, -0.2) is 33.0 Å². The van der Waals surface area contributed by atoms with E-state index in [9.17, 15) is 4.21 Å². The summed E-state index contributed by atoms with van der Waals surface area (Å²) in [6, 6.07) is 13.2. The zero-order valence-corrected chi connectivity index (χ0v) is 18.3. The fraction of sp³-hybridized carbons (Fsp3) is 0.190. The van der Waals surface area contributed by atoms with E-state index in [2.05, 4.69) is 6.58 Å². The van der Waals surface area contributed by atoms with Crippen molar-refractivity contribution in [2.24, 2.45) is 0 Å². The number of nitrogens with zero attached hydrogens (tertiary/aromatic N) is 3. The molecule has 1 heterocycles. The molecular weight excluding hydrogens is 413 g/mol. The summed E-state index contributed by atoms with van der Waals surface area (Å²) in [5.74, 6) is 0.225. The molecule has 0 saturated heterocycles. The van der Waals surface area contributed by atoms with E-state index in [4.69, 9.17) is 28.3 Å². The van der Waals surface area contributed by atoms with Gasteiger partial charge < -0.3 is 4.90 Å². The Labute approximate surface area is 177 Å². The first-order chi connectivity index (χ1) is 13.3. The minimum atomic E-state index is -1.37. The monoisotopic (exact) mass is 433 g/mol. The molecule has 0 fully saturated rings. The van der Waals surface area contributed by atoms with Gasteiger partial charge in [-0.15, -0.1) is 0 Å². The molecule has 0 aliphatic heterocycles. The van der Waals surface area contributed by atoms with Gasteiger partial charge in [0.15, 0.2) is 0 Å². The van der Waals surface area contributed by atoms with Gasteiger partial charge in [0.1, 0.15) is 0 Å². The van der Waals surface area contributed by atoms with Crippen molar-refractivity contribution in [1.29, 1.82) is 0 Å². The third kappa shape index (κ3) is 4.32. The number of hydrogen-bond acceptors (Lipinski definition) is 3. The summed E-state index contributed by atoms with van der Waals surface area (Å²) in [6.45, 7) is 6.06. The summed E-state index contributed by atoms with van der Waals surface area (Å²) in [7, 11) is 2.49. The average molecular weight is 434 g/mol. The van der Waals surface area contributed by atoms with Crippen LogP contribution in [0.1, 0.15) is 11.3 Å². The topological polar surface area (TPSA) is 38.1 Å². The van der Waals surface area contributed by atoms with Crippen molar-refractivity contribution in [1.82, 2.24) is 14.7 Å². The molecule has 0 bridgehead atoms. The Hall–Kier alpha value is -2.08. The zero-order valence-electron chi connectivity index (χ0n) is 15.9. The molecule has 28 heavy (non-hydrogen) atoms. The lowest BCUT2D eigenvalue weighted by molar-refractivity contribution is 0.613. The minimum Gasteiger partial charge on any atom is -0.383 e. The summed E-state index contributed by atoms with van der Waals surface area (Å²) in [5.41, 5.74) is 2.44. The van der Waals surface area contributed by atoms with Gasteiger partial charge in [0.05, 0.1) is 43.2 Å². The Balaban J connectivity index is 2.08. The van der Waals surface area contributed by atoms with Crippen LogP contribution in [0.2, 0.25) is 10.0 Å². The van der Waals surface area contributed by atoms with Crippen molar-refractivity contribution in [3.05, 3.63) is 74.3 Å². The smallest absolute Gasteiger partial charge is 0.0850 e. The number of halogens is 2. The molecule has 146 valence electrons. The highest BCUT2D eigenvalue weighted by Crippen LogP contribution is 2.28. The summed E-state index contributed by atoms with van der Waals surface area (Å²) in [4.78, 5) is 2.48. The third-order valence-corrected chi connectivity index (χ3v) is 6.41. The molecule has 2 aromatic carbocycles. The summed E-state index contributed by atoms with van der Waals surface area (Å²) < 4.78 is 14.9. The van der Waals surface area contributed by atoms with Gasteiger partial charge in [0.25, 0.3) is 0 Å². The molecule has 0 radical (unpaired) electrons. The number of para-hydroxylation sites is 1. The molecule has 3 aromatic rings. The van der Waals surface area contributed by atoms with Crippen LogP contribution in [0, 0.1) is 6.92 Å². The summed E-state index contributed by atoms with van der Waals surface area (Å²) >= 11 is 12.4. The van der Waals surface area contributed by atoms with Crippen LogP contribution in [0.15, 0.2) is 47.4 Å². The van der Waals surface area contributed by atoms with E-state index >= 15 is 0 Å². The largest absolute Gasteiger partial charge is 0.383 e. The number of rotatable bonds is 5. The van der Waals surface area contributed by atoms with Gasteiger partial charge in [-0.1, -0.05) is 48.0 Å². The number of aryl methyl sites for hydroxylation is 1.